The molecule has 0 aliphatic heterocycles. The van der Waals surface area contributed by atoms with Gasteiger partial charge in [0.25, 0.3) is 0 Å². The van der Waals surface area contributed by atoms with Crippen LogP contribution in [-0.2, 0) is 4.79 Å². The molecule has 2 aromatic carbocycles. The first-order valence-corrected chi connectivity index (χ1v) is 6.18. The smallest absolute Gasteiger partial charge is 0.232 e. The molecule has 0 aliphatic carbocycles. The third kappa shape index (κ3) is 3.28. The predicted molar refractivity (Wildman–Crippen MR) is 76.3 cm³/mol. The van der Waals surface area contributed by atoms with Gasteiger partial charge in [0.1, 0.15) is 5.84 Å². The topological polar surface area (TPSA) is 53.0 Å². The van der Waals surface area contributed by atoms with Crippen LogP contribution in [0.1, 0.15) is 24.0 Å². The third-order valence-electron chi connectivity index (χ3n) is 3.00. The fraction of sp³-hybridized carbons (Fsp3) is 0.125. The zero-order chi connectivity index (χ0) is 13.7. The van der Waals surface area contributed by atoms with E-state index < -0.39 is 0 Å². The summed E-state index contributed by atoms with van der Waals surface area (Å²) in [6.45, 7) is 1.84. The standard InChI is InChI=1S/C16H16N2O/c1-12(13-8-4-2-5-9-13)16(19)18-15(17)14-10-6-3-7-11-14/h2-12H,1H3,(H2,17,18,19). The number of hydrogen-bond acceptors (Lipinski definition) is 2. The van der Waals surface area contributed by atoms with E-state index in [-0.39, 0.29) is 17.7 Å². The van der Waals surface area contributed by atoms with Gasteiger partial charge < -0.3 is 5.32 Å². The predicted octanol–water partition coefficient (Wildman–Crippen LogP) is 2.93. The lowest BCUT2D eigenvalue weighted by molar-refractivity contribution is -0.120. The van der Waals surface area contributed by atoms with Crippen molar-refractivity contribution in [2.75, 3.05) is 0 Å². The lowest BCUT2D eigenvalue weighted by atomic mass is 10.0. The van der Waals surface area contributed by atoms with E-state index in [2.05, 4.69) is 5.32 Å². The van der Waals surface area contributed by atoms with E-state index in [9.17, 15) is 4.79 Å². The zero-order valence-electron chi connectivity index (χ0n) is 10.8. The molecule has 2 rings (SSSR count). The number of benzene rings is 2. The van der Waals surface area contributed by atoms with Gasteiger partial charge in [-0.25, -0.2) is 0 Å². The molecule has 1 unspecified atom stereocenters. The summed E-state index contributed by atoms with van der Waals surface area (Å²) in [4.78, 5) is 12.1. The molecule has 0 saturated heterocycles. The molecule has 0 aromatic heterocycles. The van der Waals surface area contributed by atoms with E-state index in [1.807, 2.05) is 55.5 Å². The number of nitrogens with one attached hydrogen (secondary N) is 2. The van der Waals surface area contributed by atoms with Crippen LogP contribution in [0.15, 0.2) is 60.7 Å². The first-order valence-electron chi connectivity index (χ1n) is 6.18. The van der Waals surface area contributed by atoms with Crippen LogP contribution in [0, 0.1) is 5.41 Å². The number of hydrogen-bond donors (Lipinski definition) is 2. The Balaban J connectivity index is 2.04. The van der Waals surface area contributed by atoms with Crippen LogP contribution in [0.2, 0.25) is 0 Å². The largest absolute Gasteiger partial charge is 0.310 e. The molecule has 2 N–H and O–H groups in total. The SMILES string of the molecule is CC(C(=O)NC(=N)c1ccccc1)c1ccccc1. The van der Waals surface area contributed by atoms with E-state index >= 15 is 0 Å². The number of carbonyl (C=O) groups excluding carboxylic acids is 1. The van der Waals surface area contributed by atoms with Crippen LogP contribution in [0.25, 0.3) is 0 Å². The van der Waals surface area contributed by atoms with Crippen LogP contribution >= 0.6 is 0 Å². The molecule has 0 bridgehead atoms. The van der Waals surface area contributed by atoms with Crippen molar-refractivity contribution in [3.05, 3.63) is 71.8 Å². The molecular weight excluding hydrogens is 236 g/mol. The van der Waals surface area contributed by atoms with Crippen LogP contribution in [0.4, 0.5) is 0 Å². The van der Waals surface area contributed by atoms with Crippen molar-refractivity contribution in [2.24, 2.45) is 0 Å². The Morgan fingerprint density at radius 1 is 1.00 bits per heavy atom. The summed E-state index contributed by atoms with van der Waals surface area (Å²) in [7, 11) is 0. The quantitative estimate of drug-likeness (QED) is 0.640. The molecule has 3 nitrogen and oxygen atoms in total. The second-order valence-corrected chi connectivity index (χ2v) is 4.36. The van der Waals surface area contributed by atoms with E-state index in [1.165, 1.54) is 0 Å². The molecule has 19 heavy (non-hydrogen) atoms. The first-order chi connectivity index (χ1) is 9.18. The monoisotopic (exact) mass is 252 g/mol. The summed E-state index contributed by atoms with van der Waals surface area (Å²) in [5.74, 6) is -0.307. The average molecular weight is 252 g/mol. The number of amidine groups is 1. The van der Waals surface area contributed by atoms with Gasteiger partial charge in [0.2, 0.25) is 5.91 Å². The van der Waals surface area contributed by atoms with Crippen LogP contribution < -0.4 is 5.32 Å². The summed E-state index contributed by atoms with van der Waals surface area (Å²) in [5.41, 5.74) is 1.65. The lowest BCUT2D eigenvalue weighted by Gasteiger charge is -2.13. The summed E-state index contributed by atoms with van der Waals surface area (Å²) in [5, 5.41) is 10.5. The minimum atomic E-state index is -0.273. The highest BCUT2D eigenvalue weighted by molar-refractivity contribution is 6.07. The van der Waals surface area contributed by atoms with E-state index in [0.717, 1.165) is 5.56 Å². The normalized spacial score (nSPS) is 11.6. The van der Waals surface area contributed by atoms with Crippen molar-refractivity contribution in [1.29, 1.82) is 5.41 Å². The van der Waals surface area contributed by atoms with Crippen molar-refractivity contribution in [1.82, 2.24) is 5.32 Å². The van der Waals surface area contributed by atoms with Gasteiger partial charge in [-0.1, -0.05) is 60.7 Å². The highest BCUT2D eigenvalue weighted by Crippen LogP contribution is 2.14. The lowest BCUT2D eigenvalue weighted by Crippen LogP contribution is -2.33. The third-order valence-corrected chi connectivity index (χ3v) is 3.00. The Morgan fingerprint density at radius 2 is 1.53 bits per heavy atom. The molecule has 0 aliphatic rings. The summed E-state index contributed by atoms with van der Waals surface area (Å²) >= 11 is 0. The van der Waals surface area contributed by atoms with Gasteiger partial charge in [-0.05, 0) is 12.5 Å². The number of amides is 1. The maximum Gasteiger partial charge on any atom is 0.232 e. The van der Waals surface area contributed by atoms with E-state index in [4.69, 9.17) is 5.41 Å². The summed E-state index contributed by atoms with van der Waals surface area (Å²) in [6, 6.07) is 18.7. The van der Waals surface area contributed by atoms with Crippen LogP contribution in [0.3, 0.4) is 0 Å². The molecule has 1 atom stereocenters. The number of carbonyl (C=O) groups is 1. The Kier molecular flexibility index (Phi) is 4.08. The maximum atomic E-state index is 12.1. The Hall–Kier alpha value is -2.42. The van der Waals surface area contributed by atoms with Gasteiger partial charge in [-0.2, -0.15) is 0 Å². The second-order valence-electron chi connectivity index (χ2n) is 4.36. The zero-order valence-corrected chi connectivity index (χ0v) is 10.8. The van der Waals surface area contributed by atoms with E-state index in [0.29, 0.717) is 5.56 Å². The van der Waals surface area contributed by atoms with Crippen molar-refractivity contribution in [3.8, 4) is 0 Å². The number of rotatable bonds is 3. The maximum absolute atomic E-state index is 12.1. The van der Waals surface area contributed by atoms with Gasteiger partial charge in [0.15, 0.2) is 0 Å². The molecule has 0 heterocycles. The molecule has 0 radical (unpaired) electrons. The molecule has 96 valence electrons. The van der Waals surface area contributed by atoms with Crippen molar-refractivity contribution >= 4 is 11.7 Å². The summed E-state index contributed by atoms with van der Waals surface area (Å²) < 4.78 is 0. The minimum Gasteiger partial charge on any atom is -0.310 e. The van der Waals surface area contributed by atoms with Gasteiger partial charge in [0.05, 0.1) is 5.92 Å². The molecule has 3 heteroatoms. The van der Waals surface area contributed by atoms with Gasteiger partial charge in [0, 0.05) is 5.56 Å². The van der Waals surface area contributed by atoms with Crippen LogP contribution in [-0.4, -0.2) is 11.7 Å². The van der Waals surface area contributed by atoms with Gasteiger partial charge >= 0.3 is 0 Å². The molecule has 0 fully saturated rings. The Bertz CT molecular complexity index is 564. The van der Waals surface area contributed by atoms with Crippen LogP contribution in [0.5, 0.6) is 0 Å². The van der Waals surface area contributed by atoms with E-state index in [1.54, 1.807) is 12.1 Å². The molecular formula is C16H16N2O. The molecule has 0 spiro atoms. The fourth-order valence-corrected chi connectivity index (χ4v) is 1.80. The van der Waals surface area contributed by atoms with Crippen molar-refractivity contribution in [3.63, 3.8) is 0 Å². The molecule has 2 aromatic rings. The van der Waals surface area contributed by atoms with Crippen molar-refractivity contribution in [2.45, 2.75) is 12.8 Å². The molecule has 0 saturated carbocycles. The fourth-order valence-electron chi connectivity index (χ4n) is 1.80. The second kappa shape index (κ2) is 5.96. The molecule has 1 amide bonds. The van der Waals surface area contributed by atoms with Gasteiger partial charge in [-0.15, -0.1) is 0 Å². The highest BCUT2D eigenvalue weighted by atomic mass is 16.1. The minimum absolute atomic E-state index is 0.133. The Labute approximate surface area is 112 Å². The van der Waals surface area contributed by atoms with Crippen molar-refractivity contribution < 1.29 is 4.79 Å². The summed E-state index contributed by atoms with van der Waals surface area (Å²) in [6.07, 6.45) is 0. The van der Waals surface area contributed by atoms with Gasteiger partial charge in [-0.3, -0.25) is 10.2 Å². The Morgan fingerprint density at radius 3 is 2.11 bits per heavy atom. The highest BCUT2D eigenvalue weighted by Gasteiger charge is 2.16. The average Bonchev–Trinajstić information content (AvgIpc) is 2.48. The first kappa shape index (κ1) is 13.0.